The number of rotatable bonds is 6. The van der Waals surface area contributed by atoms with Crippen molar-refractivity contribution in [3.8, 4) is 10.4 Å². The van der Waals surface area contributed by atoms with Gasteiger partial charge in [-0.1, -0.05) is 6.07 Å². The van der Waals surface area contributed by atoms with Crippen molar-refractivity contribution in [3.63, 3.8) is 0 Å². The molecule has 168 valence electrons. The van der Waals surface area contributed by atoms with Gasteiger partial charge in [0.2, 0.25) is 10.0 Å². The lowest BCUT2D eigenvalue weighted by Crippen LogP contribution is -2.42. The SMILES string of the molecule is CN(C)c1ccc(-c2cnc([C@H]3CC[C@H](NC(=O)O)CC3)s2)c(S(=O)(=O)N2CCC2)c1. The van der Waals surface area contributed by atoms with Gasteiger partial charge in [0.25, 0.3) is 0 Å². The maximum atomic E-state index is 13.3. The minimum atomic E-state index is -3.55. The first-order valence-electron chi connectivity index (χ1n) is 10.5. The normalized spacial score (nSPS) is 22.0. The predicted molar refractivity (Wildman–Crippen MR) is 121 cm³/mol. The lowest BCUT2D eigenvalue weighted by atomic mass is 9.86. The lowest BCUT2D eigenvalue weighted by molar-refractivity contribution is 0.185. The van der Waals surface area contributed by atoms with Crippen LogP contribution < -0.4 is 10.2 Å². The topological polar surface area (TPSA) is 103 Å². The number of nitrogens with zero attached hydrogens (tertiary/aromatic N) is 3. The Balaban J connectivity index is 1.61. The van der Waals surface area contributed by atoms with Crippen LogP contribution in [0.15, 0.2) is 29.3 Å². The molecule has 8 nitrogen and oxygen atoms in total. The molecule has 1 aromatic heterocycles. The lowest BCUT2D eigenvalue weighted by Gasteiger charge is -2.30. The highest BCUT2D eigenvalue weighted by Gasteiger charge is 2.33. The number of hydrogen-bond donors (Lipinski definition) is 2. The van der Waals surface area contributed by atoms with Crippen LogP contribution in [0.1, 0.15) is 43.0 Å². The van der Waals surface area contributed by atoms with Crippen LogP contribution in [-0.4, -0.2) is 62.1 Å². The maximum Gasteiger partial charge on any atom is 0.404 e. The van der Waals surface area contributed by atoms with Crippen molar-refractivity contribution in [1.29, 1.82) is 0 Å². The molecule has 1 amide bonds. The van der Waals surface area contributed by atoms with Gasteiger partial charge < -0.3 is 15.3 Å². The summed E-state index contributed by atoms with van der Waals surface area (Å²) in [7, 11) is 0.247. The van der Waals surface area contributed by atoms with E-state index in [-0.39, 0.29) is 12.0 Å². The number of thiazole rings is 1. The van der Waals surface area contributed by atoms with Crippen LogP contribution in [0.4, 0.5) is 10.5 Å². The molecule has 0 unspecified atom stereocenters. The van der Waals surface area contributed by atoms with Crippen molar-refractivity contribution < 1.29 is 18.3 Å². The Hall–Kier alpha value is -2.17. The molecule has 1 saturated heterocycles. The fraction of sp³-hybridized carbons (Fsp3) is 0.524. The molecule has 2 aliphatic rings. The highest BCUT2D eigenvalue weighted by Crippen LogP contribution is 2.40. The second kappa shape index (κ2) is 8.76. The minimum Gasteiger partial charge on any atom is -0.465 e. The van der Waals surface area contributed by atoms with E-state index in [4.69, 9.17) is 5.11 Å². The van der Waals surface area contributed by atoms with Crippen molar-refractivity contribution in [1.82, 2.24) is 14.6 Å². The molecule has 1 aliphatic carbocycles. The number of anilines is 1. The van der Waals surface area contributed by atoms with Gasteiger partial charge in [0.05, 0.1) is 14.8 Å². The van der Waals surface area contributed by atoms with Crippen LogP contribution in [0.25, 0.3) is 10.4 Å². The number of sulfonamides is 1. The maximum absolute atomic E-state index is 13.3. The van der Waals surface area contributed by atoms with E-state index in [1.54, 1.807) is 23.6 Å². The molecule has 0 radical (unpaired) electrons. The summed E-state index contributed by atoms with van der Waals surface area (Å²) in [5, 5.41) is 12.5. The second-order valence-electron chi connectivity index (χ2n) is 8.39. The van der Waals surface area contributed by atoms with Crippen LogP contribution in [0.2, 0.25) is 0 Å². The van der Waals surface area contributed by atoms with E-state index in [1.807, 2.05) is 31.1 Å². The van der Waals surface area contributed by atoms with Gasteiger partial charge in [0.15, 0.2) is 0 Å². The summed E-state index contributed by atoms with van der Waals surface area (Å²) in [4.78, 5) is 18.6. The van der Waals surface area contributed by atoms with Gasteiger partial charge in [-0.15, -0.1) is 11.3 Å². The zero-order chi connectivity index (χ0) is 22.2. The predicted octanol–water partition coefficient (Wildman–Crippen LogP) is 3.56. The number of nitrogens with one attached hydrogen (secondary N) is 1. The van der Waals surface area contributed by atoms with Crippen molar-refractivity contribution in [2.75, 3.05) is 32.1 Å². The number of amides is 1. The summed E-state index contributed by atoms with van der Waals surface area (Å²) in [5.74, 6) is 0.280. The fourth-order valence-electron chi connectivity index (χ4n) is 4.13. The van der Waals surface area contributed by atoms with Gasteiger partial charge in [-0.05, 0) is 44.2 Å². The van der Waals surface area contributed by atoms with E-state index in [0.29, 0.717) is 23.5 Å². The standard InChI is InChI=1S/C21H28N4O4S2/c1-24(2)16-8-9-17(19(12-16)31(28,29)25-10-3-11-25)18-13-22-20(30-18)14-4-6-15(7-5-14)23-21(26)27/h8-9,12-15,23H,3-7,10-11H2,1-2H3,(H,26,27)/t14-,15-. The molecule has 1 aliphatic heterocycles. The molecule has 1 aromatic carbocycles. The molecule has 0 bridgehead atoms. The van der Waals surface area contributed by atoms with Crippen molar-refractivity contribution in [3.05, 3.63) is 29.4 Å². The number of carbonyl (C=O) groups is 1. The van der Waals surface area contributed by atoms with E-state index < -0.39 is 16.1 Å². The zero-order valence-electron chi connectivity index (χ0n) is 17.7. The van der Waals surface area contributed by atoms with E-state index in [1.165, 1.54) is 4.31 Å². The molecule has 2 fully saturated rings. The Bertz CT molecular complexity index is 1060. The number of aromatic nitrogens is 1. The molecule has 0 spiro atoms. The second-order valence-corrected chi connectivity index (χ2v) is 11.4. The molecule has 1 saturated carbocycles. The molecular weight excluding hydrogens is 436 g/mol. The third-order valence-electron chi connectivity index (χ3n) is 6.11. The Morgan fingerprint density at radius 3 is 2.52 bits per heavy atom. The van der Waals surface area contributed by atoms with Gasteiger partial charge in [0.1, 0.15) is 0 Å². The Kier molecular flexibility index (Phi) is 6.23. The summed E-state index contributed by atoms with van der Waals surface area (Å²) in [6.07, 6.45) is 5.02. The van der Waals surface area contributed by atoms with Crippen LogP contribution >= 0.6 is 11.3 Å². The van der Waals surface area contributed by atoms with Gasteiger partial charge in [-0.2, -0.15) is 4.31 Å². The van der Waals surface area contributed by atoms with E-state index in [9.17, 15) is 13.2 Å². The van der Waals surface area contributed by atoms with Gasteiger partial charge >= 0.3 is 6.09 Å². The largest absolute Gasteiger partial charge is 0.465 e. The molecule has 31 heavy (non-hydrogen) atoms. The molecule has 10 heteroatoms. The van der Waals surface area contributed by atoms with Gasteiger partial charge in [0, 0.05) is 56.6 Å². The van der Waals surface area contributed by atoms with E-state index >= 15 is 0 Å². The Labute approximate surface area is 187 Å². The Morgan fingerprint density at radius 2 is 1.94 bits per heavy atom. The first-order valence-corrected chi connectivity index (χ1v) is 12.8. The third kappa shape index (κ3) is 4.56. The minimum absolute atomic E-state index is 0.0000300. The molecule has 2 heterocycles. The average molecular weight is 465 g/mol. The van der Waals surface area contributed by atoms with Crippen LogP contribution in [0.5, 0.6) is 0 Å². The van der Waals surface area contributed by atoms with E-state index in [2.05, 4.69) is 10.3 Å². The summed E-state index contributed by atoms with van der Waals surface area (Å²) in [6, 6.07) is 5.57. The summed E-state index contributed by atoms with van der Waals surface area (Å²) < 4.78 is 28.0. The van der Waals surface area contributed by atoms with Crippen molar-refractivity contribution >= 4 is 33.1 Å². The molecule has 0 atom stereocenters. The van der Waals surface area contributed by atoms with E-state index in [0.717, 1.165) is 47.7 Å². The molecule has 4 rings (SSSR count). The third-order valence-corrected chi connectivity index (χ3v) is 9.24. The number of hydrogen-bond acceptors (Lipinski definition) is 6. The zero-order valence-corrected chi connectivity index (χ0v) is 19.4. The molecule has 2 N–H and O–H groups in total. The Morgan fingerprint density at radius 1 is 1.23 bits per heavy atom. The summed E-state index contributed by atoms with van der Waals surface area (Å²) in [6.45, 7) is 1.13. The van der Waals surface area contributed by atoms with Crippen LogP contribution in [-0.2, 0) is 10.0 Å². The van der Waals surface area contributed by atoms with Crippen LogP contribution in [0.3, 0.4) is 0 Å². The number of benzene rings is 1. The first kappa shape index (κ1) is 22.0. The summed E-state index contributed by atoms with van der Waals surface area (Å²) >= 11 is 1.55. The quantitative estimate of drug-likeness (QED) is 0.678. The molecule has 2 aromatic rings. The number of carboxylic acid groups (broad SMARTS) is 1. The molecular formula is C21H28N4O4S2. The van der Waals surface area contributed by atoms with Crippen molar-refractivity contribution in [2.24, 2.45) is 0 Å². The van der Waals surface area contributed by atoms with Gasteiger partial charge in [-0.25, -0.2) is 18.2 Å². The average Bonchev–Trinajstić information content (AvgIpc) is 3.16. The van der Waals surface area contributed by atoms with Crippen molar-refractivity contribution in [2.45, 2.75) is 49.0 Å². The summed E-state index contributed by atoms with van der Waals surface area (Å²) in [5.41, 5.74) is 1.54. The fourth-order valence-corrected chi connectivity index (χ4v) is 7.07. The van der Waals surface area contributed by atoms with Crippen LogP contribution in [0, 0.1) is 0 Å². The first-order chi connectivity index (χ1) is 14.8. The highest BCUT2D eigenvalue weighted by atomic mass is 32.2. The smallest absolute Gasteiger partial charge is 0.404 e. The monoisotopic (exact) mass is 464 g/mol. The highest BCUT2D eigenvalue weighted by molar-refractivity contribution is 7.89. The van der Waals surface area contributed by atoms with Gasteiger partial charge in [-0.3, -0.25) is 0 Å².